The van der Waals surface area contributed by atoms with Crippen LogP contribution in [0, 0.1) is 5.92 Å². The Balaban J connectivity index is 1.76. The van der Waals surface area contributed by atoms with Crippen molar-refractivity contribution in [1.82, 2.24) is 10.3 Å². The van der Waals surface area contributed by atoms with Crippen molar-refractivity contribution in [3.63, 3.8) is 0 Å². The molecular weight excluding hydrogens is 416 g/mol. The summed E-state index contributed by atoms with van der Waals surface area (Å²) >= 11 is 0. The molecule has 1 unspecified atom stereocenters. The number of likely N-dealkylation sites (N-methyl/N-ethyl adjacent to an activating group) is 1. The molecule has 1 saturated carbocycles. The molecule has 2 aromatic carbocycles. The van der Waals surface area contributed by atoms with Gasteiger partial charge in [0.2, 0.25) is 0 Å². The van der Waals surface area contributed by atoms with Crippen LogP contribution in [0.4, 0.5) is 5.69 Å². The Hall–Kier alpha value is -3.06. The van der Waals surface area contributed by atoms with E-state index in [0.29, 0.717) is 31.0 Å². The van der Waals surface area contributed by atoms with E-state index in [9.17, 15) is 9.59 Å². The number of rotatable bonds is 10. The molecule has 0 aliphatic heterocycles. The van der Waals surface area contributed by atoms with Gasteiger partial charge in [-0.1, -0.05) is 44.2 Å². The first-order valence-electron chi connectivity index (χ1n) is 11.9. The zero-order valence-electron chi connectivity index (χ0n) is 19.7. The number of methoxy groups -OCH3 is 1. The van der Waals surface area contributed by atoms with Gasteiger partial charge in [-0.2, -0.15) is 0 Å². The predicted octanol–water partition coefficient (Wildman–Crippen LogP) is 4.10. The van der Waals surface area contributed by atoms with Crippen LogP contribution in [0.5, 0.6) is 5.75 Å². The van der Waals surface area contributed by atoms with Crippen molar-refractivity contribution >= 4 is 17.5 Å². The van der Waals surface area contributed by atoms with E-state index < -0.39 is 6.04 Å². The molecule has 4 N–H and O–H groups in total. The quantitative estimate of drug-likeness (QED) is 0.472. The molecule has 178 valence electrons. The van der Waals surface area contributed by atoms with Crippen molar-refractivity contribution in [3.05, 3.63) is 59.7 Å². The number of anilines is 1. The lowest BCUT2D eigenvalue weighted by molar-refractivity contribution is -0.132. The number of carbonyl (C=O) groups is 2. The van der Waals surface area contributed by atoms with Crippen LogP contribution in [-0.2, 0) is 11.3 Å². The van der Waals surface area contributed by atoms with Crippen LogP contribution in [0.15, 0.2) is 48.5 Å². The SMILES string of the molecule is CCN(Nc1ccc(OC)cc1)C(=O)C(CC1CCCCC1)NC(=O)c1cccc(CN)c1. The Labute approximate surface area is 196 Å². The predicted molar refractivity (Wildman–Crippen MR) is 131 cm³/mol. The third-order valence-corrected chi connectivity index (χ3v) is 6.26. The van der Waals surface area contributed by atoms with Gasteiger partial charge >= 0.3 is 0 Å². The van der Waals surface area contributed by atoms with E-state index in [-0.39, 0.29) is 11.8 Å². The minimum atomic E-state index is -0.604. The lowest BCUT2D eigenvalue weighted by Crippen LogP contribution is -2.51. The zero-order valence-corrected chi connectivity index (χ0v) is 19.7. The third-order valence-electron chi connectivity index (χ3n) is 6.26. The highest BCUT2D eigenvalue weighted by molar-refractivity contribution is 5.97. The van der Waals surface area contributed by atoms with Crippen molar-refractivity contribution in [2.24, 2.45) is 11.7 Å². The van der Waals surface area contributed by atoms with E-state index in [0.717, 1.165) is 29.8 Å². The molecule has 1 atom stereocenters. The lowest BCUT2D eigenvalue weighted by Gasteiger charge is -2.31. The van der Waals surface area contributed by atoms with Crippen molar-refractivity contribution in [1.29, 1.82) is 0 Å². The molecule has 0 bridgehead atoms. The summed E-state index contributed by atoms with van der Waals surface area (Å²) < 4.78 is 5.21. The van der Waals surface area contributed by atoms with Gasteiger partial charge in [0.1, 0.15) is 11.8 Å². The van der Waals surface area contributed by atoms with Crippen molar-refractivity contribution in [3.8, 4) is 5.75 Å². The zero-order chi connectivity index (χ0) is 23.6. The molecule has 1 fully saturated rings. The average molecular weight is 453 g/mol. The summed E-state index contributed by atoms with van der Waals surface area (Å²) in [5, 5.41) is 4.59. The van der Waals surface area contributed by atoms with E-state index in [1.165, 1.54) is 19.3 Å². The van der Waals surface area contributed by atoms with Gasteiger partial charge in [0, 0.05) is 18.7 Å². The van der Waals surface area contributed by atoms with Gasteiger partial charge in [-0.05, 0) is 61.2 Å². The standard InChI is InChI=1S/C26H36N4O3/c1-3-30(29-22-12-14-23(33-2)15-13-22)26(32)24(17-19-8-5-4-6-9-19)28-25(31)21-11-7-10-20(16-21)18-27/h7,10-16,19,24,29H,3-6,8-9,17-18,27H2,1-2H3,(H,28,31). The maximum atomic E-state index is 13.6. The van der Waals surface area contributed by atoms with E-state index in [2.05, 4.69) is 10.7 Å². The van der Waals surface area contributed by atoms with Crippen LogP contribution in [0.1, 0.15) is 61.4 Å². The average Bonchev–Trinajstić information content (AvgIpc) is 2.87. The smallest absolute Gasteiger partial charge is 0.263 e. The molecule has 7 heteroatoms. The summed E-state index contributed by atoms with van der Waals surface area (Å²) in [7, 11) is 1.62. The molecule has 0 saturated heterocycles. The van der Waals surface area contributed by atoms with Crippen LogP contribution in [-0.4, -0.2) is 36.5 Å². The number of hydrogen-bond acceptors (Lipinski definition) is 5. The number of amides is 2. The number of benzene rings is 2. The number of nitrogens with zero attached hydrogens (tertiary/aromatic N) is 1. The first-order valence-corrected chi connectivity index (χ1v) is 11.9. The Morgan fingerprint density at radius 3 is 2.48 bits per heavy atom. The number of hydrazine groups is 1. The third kappa shape index (κ3) is 6.96. The first-order chi connectivity index (χ1) is 16.0. The van der Waals surface area contributed by atoms with E-state index in [4.69, 9.17) is 10.5 Å². The summed E-state index contributed by atoms with van der Waals surface area (Å²) in [6.07, 6.45) is 6.44. The molecule has 7 nitrogen and oxygen atoms in total. The maximum absolute atomic E-state index is 13.6. The summed E-state index contributed by atoms with van der Waals surface area (Å²) in [5.74, 6) is 0.794. The Morgan fingerprint density at radius 2 is 1.85 bits per heavy atom. The summed E-state index contributed by atoms with van der Waals surface area (Å²) in [4.78, 5) is 26.6. The number of ether oxygens (including phenoxy) is 1. The number of hydrogen-bond donors (Lipinski definition) is 3. The van der Waals surface area contributed by atoms with Crippen molar-refractivity contribution in [2.75, 3.05) is 19.1 Å². The molecule has 0 aromatic heterocycles. The van der Waals surface area contributed by atoms with Gasteiger partial charge in [0.05, 0.1) is 12.8 Å². The minimum Gasteiger partial charge on any atom is -0.497 e. The molecule has 2 amide bonds. The topological polar surface area (TPSA) is 96.7 Å². The number of nitrogens with one attached hydrogen (secondary N) is 2. The molecule has 0 heterocycles. The van der Waals surface area contributed by atoms with Crippen LogP contribution in [0.2, 0.25) is 0 Å². The molecule has 0 spiro atoms. The monoisotopic (exact) mass is 452 g/mol. The molecule has 0 radical (unpaired) electrons. The molecule has 1 aliphatic rings. The number of nitrogens with two attached hydrogens (primary N) is 1. The van der Waals surface area contributed by atoms with E-state index >= 15 is 0 Å². The lowest BCUT2D eigenvalue weighted by atomic mass is 9.84. The molecule has 2 aromatic rings. The van der Waals surface area contributed by atoms with Crippen LogP contribution < -0.4 is 21.2 Å². The maximum Gasteiger partial charge on any atom is 0.263 e. The Bertz CT molecular complexity index is 910. The largest absolute Gasteiger partial charge is 0.497 e. The summed E-state index contributed by atoms with van der Waals surface area (Å²) in [6, 6.07) is 14.0. The van der Waals surface area contributed by atoms with E-state index in [1.54, 1.807) is 24.3 Å². The fraction of sp³-hybridized carbons (Fsp3) is 0.462. The second kappa shape index (κ2) is 12.3. The Morgan fingerprint density at radius 1 is 1.12 bits per heavy atom. The van der Waals surface area contributed by atoms with Crippen LogP contribution in [0.25, 0.3) is 0 Å². The van der Waals surface area contributed by atoms with Gasteiger partial charge in [-0.15, -0.1) is 0 Å². The van der Waals surface area contributed by atoms with Crippen LogP contribution >= 0.6 is 0 Å². The number of carbonyl (C=O) groups excluding carboxylic acids is 2. The molecule has 3 rings (SSSR count). The second-order valence-electron chi connectivity index (χ2n) is 8.59. The fourth-order valence-corrected chi connectivity index (χ4v) is 4.36. The fourth-order valence-electron chi connectivity index (χ4n) is 4.36. The normalized spacial score (nSPS) is 14.9. The van der Waals surface area contributed by atoms with Crippen molar-refractivity contribution < 1.29 is 14.3 Å². The molecule has 1 aliphatic carbocycles. The van der Waals surface area contributed by atoms with Gasteiger partial charge < -0.3 is 15.8 Å². The first kappa shape index (κ1) is 24.6. The highest BCUT2D eigenvalue weighted by Crippen LogP contribution is 2.28. The van der Waals surface area contributed by atoms with Gasteiger partial charge in [-0.3, -0.25) is 20.0 Å². The van der Waals surface area contributed by atoms with Crippen molar-refractivity contribution in [2.45, 2.75) is 58.0 Å². The van der Waals surface area contributed by atoms with Crippen LogP contribution in [0.3, 0.4) is 0 Å². The highest BCUT2D eigenvalue weighted by atomic mass is 16.5. The minimum absolute atomic E-state index is 0.137. The van der Waals surface area contributed by atoms with Gasteiger partial charge in [0.25, 0.3) is 11.8 Å². The molecule has 33 heavy (non-hydrogen) atoms. The van der Waals surface area contributed by atoms with E-state index in [1.807, 2.05) is 43.3 Å². The van der Waals surface area contributed by atoms with Gasteiger partial charge in [-0.25, -0.2) is 0 Å². The highest BCUT2D eigenvalue weighted by Gasteiger charge is 2.29. The van der Waals surface area contributed by atoms with Gasteiger partial charge in [0.15, 0.2) is 0 Å². The second-order valence-corrected chi connectivity index (χ2v) is 8.59. The summed E-state index contributed by atoms with van der Waals surface area (Å²) in [6.45, 7) is 2.74. The Kier molecular flexibility index (Phi) is 9.13. The summed E-state index contributed by atoms with van der Waals surface area (Å²) in [5.41, 5.74) is 11.1. The molecular formula is C26H36N4O3.